The number of ketones is 1. The Morgan fingerprint density at radius 2 is 1.73 bits per heavy atom. The van der Waals surface area contributed by atoms with Gasteiger partial charge in [-0.25, -0.2) is 0 Å². The van der Waals surface area contributed by atoms with Crippen LogP contribution in [0.25, 0.3) is 0 Å². The number of fused-ring (bicyclic) bond motifs is 1. The highest BCUT2D eigenvalue weighted by Crippen LogP contribution is 2.49. The molecule has 1 amide bonds. The Morgan fingerprint density at radius 3 is 2.40 bits per heavy atom. The fourth-order valence-corrected chi connectivity index (χ4v) is 5.03. The number of benzene rings is 1. The van der Waals surface area contributed by atoms with Gasteiger partial charge in [-0.3, -0.25) is 14.5 Å². The second kappa shape index (κ2) is 6.83. The summed E-state index contributed by atoms with van der Waals surface area (Å²) < 4.78 is 11.5. The number of carbonyl (C=O) groups is 2. The lowest BCUT2D eigenvalue weighted by atomic mass is 9.70. The van der Waals surface area contributed by atoms with Crippen LogP contribution in [-0.4, -0.2) is 23.0 Å². The van der Waals surface area contributed by atoms with Crippen LogP contribution in [0.3, 0.4) is 0 Å². The Balaban J connectivity index is 1.63. The lowest BCUT2D eigenvalue weighted by Crippen LogP contribution is -2.43. The SMILES string of the molecule is Cc1ccc(C2C3=C(OC4CC(C)C(C)CC4C3=O)C(=O)N2c2cc(C)on2)cc1. The quantitative estimate of drug-likeness (QED) is 0.744. The van der Waals surface area contributed by atoms with Crippen LogP contribution in [-0.2, 0) is 14.3 Å². The first-order valence-electron chi connectivity index (χ1n) is 10.6. The Labute approximate surface area is 175 Å². The number of aromatic nitrogens is 1. The molecule has 2 aromatic rings. The number of rotatable bonds is 2. The normalized spacial score (nSPS) is 30.9. The van der Waals surface area contributed by atoms with Crippen LogP contribution in [0.15, 0.2) is 46.2 Å². The molecule has 1 aromatic heterocycles. The van der Waals surface area contributed by atoms with Crippen LogP contribution in [0, 0.1) is 31.6 Å². The van der Waals surface area contributed by atoms with E-state index in [9.17, 15) is 9.59 Å². The molecule has 1 saturated carbocycles. The molecule has 1 aromatic carbocycles. The molecule has 156 valence electrons. The Bertz CT molecular complexity index is 1050. The van der Waals surface area contributed by atoms with E-state index >= 15 is 0 Å². The van der Waals surface area contributed by atoms with Crippen LogP contribution in [0.1, 0.15) is 49.6 Å². The summed E-state index contributed by atoms with van der Waals surface area (Å²) in [5, 5.41) is 4.08. The molecule has 2 aliphatic heterocycles. The molecule has 30 heavy (non-hydrogen) atoms. The molecule has 5 unspecified atom stereocenters. The van der Waals surface area contributed by atoms with Crippen molar-refractivity contribution in [2.75, 3.05) is 4.90 Å². The maximum Gasteiger partial charge on any atom is 0.295 e. The summed E-state index contributed by atoms with van der Waals surface area (Å²) in [5.74, 6) is 1.63. The molecule has 1 aliphatic carbocycles. The molecule has 0 saturated heterocycles. The lowest BCUT2D eigenvalue weighted by molar-refractivity contribution is -0.134. The molecule has 6 heteroatoms. The number of hydrogen-bond donors (Lipinski definition) is 0. The van der Waals surface area contributed by atoms with Crippen molar-refractivity contribution in [1.29, 1.82) is 0 Å². The van der Waals surface area contributed by atoms with Gasteiger partial charge in [0.05, 0.1) is 17.5 Å². The monoisotopic (exact) mass is 406 g/mol. The van der Waals surface area contributed by atoms with Gasteiger partial charge in [-0.05, 0) is 44.1 Å². The first kappa shape index (κ1) is 19.1. The van der Waals surface area contributed by atoms with E-state index in [1.54, 1.807) is 17.9 Å². The minimum atomic E-state index is -0.555. The van der Waals surface area contributed by atoms with Crippen molar-refractivity contribution in [1.82, 2.24) is 5.16 Å². The zero-order chi connectivity index (χ0) is 21.2. The summed E-state index contributed by atoms with van der Waals surface area (Å²) in [6.07, 6.45) is 1.35. The molecule has 0 radical (unpaired) electrons. The number of carbonyl (C=O) groups excluding carboxylic acids is 2. The van der Waals surface area contributed by atoms with Crippen LogP contribution in [0.2, 0.25) is 0 Å². The fraction of sp³-hybridized carbons (Fsp3) is 0.458. The van der Waals surface area contributed by atoms with E-state index in [0.717, 1.165) is 24.0 Å². The molecule has 3 heterocycles. The minimum absolute atomic E-state index is 0.0432. The minimum Gasteiger partial charge on any atom is -0.483 e. The summed E-state index contributed by atoms with van der Waals surface area (Å²) in [4.78, 5) is 28.7. The number of nitrogens with zero attached hydrogens (tertiary/aromatic N) is 2. The van der Waals surface area contributed by atoms with Crippen LogP contribution >= 0.6 is 0 Å². The van der Waals surface area contributed by atoms with E-state index in [1.165, 1.54) is 0 Å². The third-order valence-electron chi connectivity index (χ3n) is 6.97. The average Bonchev–Trinajstić information content (AvgIpc) is 3.26. The number of anilines is 1. The first-order valence-corrected chi connectivity index (χ1v) is 10.6. The van der Waals surface area contributed by atoms with Crippen LogP contribution < -0.4 is 4.90 Å². The zero-order valence-corrected chi connectivity index (χ0v) is 17.7. The highest BCUT2D eigenvalue weighted by atomic mass is 16.5. The summed E-state index contributed by atoms with van der Waals surface area (Å²) in [5.41, 5.74) is 2.45. The molecule has 6 nitrogen and oxygen atoms in total. The molecule has 3 aliphatic rings. The first-order chi connectivity index (χ1) is 14.3. The molecular formula is C24H26N2O4. The van der Waals surface area contributed by atoms with Gasteiger partial charge in [-0.2, -0.15) is 0 Å². The third-order valence-corrected chi connectivity index (χ3v) is 6.97. The van der Waals surface area contributed by atoms with Gasteiger partial charge in [-0.1, -0.05) is 48.8 Å². The topological polar surface area (TPSA) is 72.6 Å². The highest BCUT2D eigenvalue weighted by molar-refractivity contribution is 6.17. The third kappa shape index (κ3) is 2.81. The molecule has 5 atom stereocenters. The van der Waals surface area contributed by atoms with Gasteiger partial charge < -0.3 is 9.26 Å². The average molecular weight is 406 g/mol. The van der Waals surface area contributed by atoms with Gasteiger partial charge in [0, 0.05) is 6.07 Å². The number of amides is 1. The van der Waals surface area contributed by atoms with Gasteiger partial charge >= 0.3 is 0 Å². The van der Waals surface area contributed by atoms with Crippen LogP contribution in [0.4, 0.5) is 5.82 Å². The summed E-state index contributed by atoms with van der Waals surface area (Å²) in [6, 6.07) is 9.08. The standard InChI is InChI=1S/C24H26N2O4/c1-12-5-7-16(8-6-12)21-20-22(27)17-9-13(2)14(3)10-18(17)29-23(20)24(28)26(21)19-11-15(4)30-25-19/h5-8,11,13-14,17-18,21H,9-10H2,1-4H3. The van der Waals surface area contributed by atoms with Gasteiger partial charge in [0.25, 0.3) is 5.91 Å². The van der Waals surface area contributed by atoms with Gasteiger partial charge in [0.1, 0.15) is 11.9 Å². The van der Waals surface area contributed by atoms with Crippen molar-refractivity contribution in [3.63, 3.8) is 0 Å². The van der Waals surface area contributed by atoms with E-state index in [2.05, 4.69) is 19.0 Å². The second-order valence-corrected chi connectivity index (χ2v) is 9.08. The molecule has 1 fully saturated rings. The largest absolute Gasteiger partial charge is 0.483 e. The van der Waals surface area contributed by atoms with Crippen molar-refractivity contribution >= 4 is 17.5 Å². The van der Waals surface area contributed by atoms with Crippen molar-refractivity contribution in [3.8, 4) is 0 Å². The lowest BCUT2D eigenvalue weighted by Gasteiger charge is -2.40. The van der Waals surface area contributed by atoms with Crippen molar-refractivity contribution in [2.24, 2.45) is 17.8 Å². The van der Waals surface area contributed by atoms with Crippen molar-refractivity contribution < 1.29 is 18.8 Å². The molecular weight excluding hydrogens is 380 g/mol. The van der Waals surface area contributed by atoms with Gasteiger partial charge in [0.2, 0.25) is 0 Å². The number of aryl methyl sites for hydroxylation is 2. The number of hydrogen-bond acceptors (Lipinski definition) is 5. The maximum absolute atomic E-state index is 13.7. The Morgan fingerprint density at radius 1 is 1.03 bits per heavy atom. The van der Waals surface area contributed by atoms with Crippen LogP contribution in [0.5, 0.6) is 0 Å². The molecule has 0 N–H and O–H groups in total. The predicted molar refractivity (Wildman–Crippen MR) is 111 cm³/mol. The van der Waals surface area contributed by atoms with E-state index in [1.807, 2.05) is 31.2 Å². The molecule has 0 spiro atoms. The van der Waals surface area contributed by atoms with E-state index in [-0.39, 0.29) is 29.5 Å². The summed E-state index contributed by atoms with van der Waals surface area (Å²) in [7, 11) is 0. The van der Waals surface area contributed by atoms with E-state index in [0.29, 0.717) is 29.0 Å². The highest BCUT2D eigenvalue weighted by Gasteiger charge is 2.54. The van der Waals surface area contributed by atoms with Crippen molar-refractivity contribution in [2.45, 2.75) is 52.7 Å². The van der Waals surface area contributed by atoms with E-state index in [4.69, 9.17) is 9.26 Å². The van der Waals surface area contributed by atoms with E-state index < -0.39 is 6.04 Å². The maximum atomic E-state index is 13.7. The molecule has 5 rings (SSSR count). The fourth-order valence-electron chi connectivity index (χ4n) is 5.03. The summed E-state index contributed by atoms with van der Waals surface area (Å²) >= 11 is 0. The smallest absolute Gasteiger partial charge is 0.295 e. The van der Waals surface area contributed by atoms with Gasteiger partial charge in [-0.15, -0.1) is 0 Å². The van der Waals surface area contributed by atoms with Crippen molar-refractivity contribution in [3.05, 3.63) is 58.6 Å². The predicted octanol–water partition coefficient (Wildman–Crippen LogP) is 4.28. The Kier molecular flexibility index (Phi) is 4.34. The summed E-state index contributed by atoms with van der Waals surface area (Å²) in [6.45, 7) is 8.18. The number of Topliss-reactive ketones (excluding diaryl/α,β-unsaturated/α-hetero) is 1. The molecule has 0 bridgehead atoms. The zero-order valence-electron chi connectivity index (χ0n) is 17.7. The Hall–Kier alpha value is -2.89. The number of ether oxygens (including phenoxy) is 1. The van der Waals surface area contributed by atoms with Gasteiger partial charge in [0.15, 0.2) is 17.4 Å². The second-order valence-electron chi connectivity index (χ2n) is 9.08.